The van der Waals surface area contributed by atoms with Gasteiger partial charge in [0.2, 0.25) is 0 Å². The maximum Gasteiger partial charge on any atom is 0.278 e. The van der Waals surface area contributed by atoms with Gasteiger partial charge in [-0.3, -0.25) is 19.4 Å². The van der Waals surface area contributed by atoms with E-state index in [-0.39, 0.29) is 11.9 Å². The highest BCUT2D eigenvalue weighted by Gasteiger charge is 2.25. The molecule has 0 aliphatic heterocycles. The van der Waals surface area contributed by atoms with Crippen LogP contribution in [0.1, 0.15) is 35.9 Å². The predicted octanol–water partition coefficient (Wildman–Crippen LogP) is 4.32. The third kappa shape index (κ3) is 3.84. The number of nitrogens with zero attached hydrogens (tertiary/aromatic N) is 5. The Morgan fingerprint density at radius 2 is 2.10 bits per heavy atom. The molecular weight excluding hydrogens is 386 g/mol. The van der Waals surface area contributed by atoms with Crippen molar-refractivity contribution in [1.29, 1.82) is 0 Å². The summed E-state index contributed by atoms with van der Waals surface area (Å²) in [5.74, 6) is 0.587. The third-order valence-electron chi connectivity index (χ3n) is 4.50. The first-order valence-electron chi connectivity index (χ1n) is 9.25. The fourth-order valence-electron chi connectivity index (χ4n) is 3.07. The average molecular weight is 407 g/mol. The molecule has 0 unspecified atom stereocenters. The summed E-state index contributed by atoms with van der Waals surface area (Å²) in [5, 5.41) is 4.93. The minimum Gasteiger partial charge on any atom is -0.497 e. The Balaban J connectivity index is 1.78. The number of carbonyl (C=O) groups excluding carboxylic acids is 1. The molecule has 0 saturated carbocycles. The molecule has 0 aliphatic rings. The van der Waals surface area contributed by atoms with Crippen molar-refractivity contribution in [2.24, 2.45) is 0 Å². The van der Waals surface area contributed by atoms with Crippen LogP contribution in [0.5, 0.6) is 5.75 Å². The number of hydrogen-bond donors (Lipinski definition) is 0. The molecule has 0 atom stereocenters. The van der Waals surface area contributed by atoms with Crippen molar-refractivity contribution >= 4 is 32.6 Å². The lowest BCUT2D eigenvalue weighted by Gasteiger charge is -2.21. The molecule has 0 radical (unpaired) electrons. The second kappa shape index (κ2) is 8.00. The number of methoxy groups -OCH3 is 1. The molecule has 0 saturated heterocycles. The zero-order valence-corrected chi connectivity index (χ0v) is 17.3. The molecule has 0 spiro atoms. The maximum atomic E-state index is 13.5. The number of benzene rings is 1. The van der Waals surface area contributed by atoms with E-state index >= 15 is 0 Å². The van der Waals surface area contributed by atoms with Gasteiger partial charge in [-0.25, -0.2) is 4.98 Å². The van der Waals surface area contributed by atoms with Crippen molar-refractivity contribution < 1.29 is 9.53 Å². The minimum absolute atomic E-state index is 0.0730. The van der Waals surface area contributed by atoms with E-state index in [0.717, 1.165) is 21.5 Å². The lowest BCUT2D eigenvalue weighted by molar-refractivity contribution is 0.0973. The first kappa shape index (κ1) is 19.1. The number of pyridine rings is 1. The van der Waals surface area contributed by atoms with Crippen LogP contribution in [0.15, 0.2) is 55.0 Å². The van der Waals surface area contributed by atoms with E-state index in [2.05, 4.69) is 10.1 Å². The first-order chi connectivity index (χ1) is 14.1. The topological polar surface area (TPSA) is 73.1 Å². The molecule has 8 heteroatoms. The summed E-state index contributed by atoms with van der Waals surface area (Å²) in [6.45, 7) is 4.37. The van der Waals surface area contributed by atoms with Gasteiger partial charge in [0.1, 0.15) is 11.4 Å². The standard InChI is InChI=1S/C21H21N5O2S/c1-14(2)26-18(8-10-23-26)20(27)25(13-15-5-4-9-22-12-15)21-24-17-11-16(28-3)6-7-19(17)29-21/h4-12,14H,13H2,1-3H3. The highest BCUT2D eigenvalue weighted by atomic mass is 32.1. The molecule has 4 aromatic rings. The van der Waals surface area contributed by atoms with Crippen molar-refractivity contribution in [2.45, 2.75) is 26.4 Å². The Kier molecular flexibility index (Phi) is 5.26. The van der Waals surface area contributed by atoms with Gasteiger partial charge in [0.05, 0.1) is 23.9 Å². The van der Waals surface area contributed by atoms with Crippen molar-refractivity contribution in [1.82, 2.24) is 19.7 Å². The molecular formula is C21H21N5O2S. The minimum atomic E-state index is -0.147. The van der Waals surface area contributed by atoms with Crippen LogP contribution in [0.4, 0.5) is 5.13 Å². The summed E-state index contributed by atoms with van der Waals surface area (Å²) < 4.78 is 8.02. The molecule has 3 heterocycles. The van der Waals surface area contributed by atoms with E-state index in [9.17, 15) is 4.79 Å². The van der Waals surface area contributed by atoms with Crippen LogP contribution in [0.3, 0.4) is 0 Å². The van der Waals surface area contributed by atoms with E-state index in [1.807, 2.05) is 44.2 Å². The lowest BCUT2D eigenvalue weighted by atomic mass is 10.2. The molecule has 1 amide bonds. The average Bonchev–Trinajstić information content (AvgIpc) is 3.38. The quantitative estimate of drug-likeness (QED) is 0.476. The van der Waals surface area contributed by atoms with Gasteiger partial charge in [0.25, 0.3) is 5.91 Å². The van der Waals surface area contributed by atoms with Crippen LogP contribution in [-0.4, -0.2) is 32.8 Å². The van der Waals surface area contributed by atoms with Gasteiger partial charge in [-0.05, 0) is 43.7 Å². The number of thiazole rings is 1. The van der Waals surface area contributed by atoms with Crippen LogP contribution >= 0.6 is 11.3 Å². The summed E-state index contributed by atoms with van der Waals surface area (Å²) in [5.41, 5.74) is 2.25. The molecule has 3 aromatic heterocycles. The number of ether oxygens (including phenoxy) is 1. The zero-order chi connectivity index (χ0) is 20.4. The maximum absolute atomic E-state index is 13.5. The van der Waals surface area contributed by atoms with E-state index in [1.165, 1.54) is 11.3 Å². The van der Waals surface area contributed by atoms with Crippen molar-refractivity contribution in [2.75, 3.05) is 12.0 Å². The van der Waals surface area contributed by atoms with E-state index in [0.29, 0.717) is 17.4 Å². The monoisotopic (exact) mass is 407 g/mol. The van der Waals surface area contributed by atoms with Gasteiger partial charge in [-0.15, -0.1) is 0 Å². The Morgan fingerprint density at radius 1 is 1.24 bits per heavy atom. The van der Waals surface area contributed by atoms with E-state index in [4.69, 9.17) is 9.72 Å². The SMILES string of the molecule is COc1ccc2sc(N(Cc3cccnc3)C(=O)c3ccnn3C(C)C)nc2c1. The molecule has 1 aromatic carbocycles. The van der Waals surface area contributed by atoms with Crippen molar-refractivity contribution in [3.63, 3.8) is 0 Å². The number of carbonyl (C=O) groups is 1. The second-order valence-electron chi connectivity index (χ2n) is 6.84. The predicted molar refractivity (Wildman–Crippen MR) is 114 cm³/mol. The van der Waals surface area contributed by atoms with Gasteiger partial charge in [0, 0.05) is 30.7 Å². The number of rotatable bonds is 6. The number of aromatic nitrogens is 4. The van der Waals surface area contributed by atoms with Gasteiger partial charge < -0.3 is 4.74 Å². The highest BCUT2D eigenvalue weighted by Crippen LogP contribution is 2.33. The van der Waals surface area contributed by atoms with Crippen LogP contribution in [-0.2, 0) is 6.54 Å². The molecule has 0 fully saturated rings. The van der Waals surface area contributed by atoms with Crippen LogP contribution in [0.25, 0.3) is 10.2 Å². The summed E-state index contributed by atoms with van der Waals surface area (Å²) in [7, 11) is 1.62. The van der Waals surface area contributed by atoms with Gasteiger partial charge >= 0.3 is 0 Å². The highest BCUT2D eigenvalue weighted by molar-refractivity contribution is 7.22. The largest absolute Gasteiger partial charge is 0.497 e. The molecule has 29 heavy (non-hydrogen) atoms. The fourth-order valence-corrected chi connectivity index (χ4v) is 4.01. The van der Waals surface area contributed by atoms with Gasteiger partial charge in [-0.1, -0.05) is 17.4 Å². The number of hydrogen-bond acceptors (Lipinski definition) is 6. The van der Waals surface area contributed by atoms with Crippen LogP contribution < -0.4 is 9.64 Å². The van der Waals surface area contributed by atoms with Gasteiger partial charge in [0.15, 0.2) is 5.13 Å². The Morgan fingerprint density at radius 3 is 2.83 bits per heavy atom. The Labute approximate surface area is 172 Å². The Bertz CT molecular complexity index is 1140. The van der Waals surface area contributed by atoms with Crippen LogP contribution in [0, 0.1) is 0 Å². The lowest BCUT2D eigenvalue weighted by Crippen LogP contribution is -2.32. The number of fused-ring (bicyclic) bond motifs is 1. The molecule has 0 bridgehead atoms. The van der Waals surface area contributed by atoms with Crippen LogP contribution in [0.2, 0.25) is 0 Å². The molecule has 0 aliphatic carbocycles. The molecule has 0 N–H and O–H groups in total. The van der Waals surface area contributed by atoms with E-state index in [1.54, 1.807) is 41.3 Å². The second-order valence-corrected chi connectivity index (χ2v) is 7.85. The smallest absolute Gasteiger partial charge is 0.278 e. The third-order valence-corrected chi connectivity index (χ3v) is 5.56. The fraction of sp³-hybridized carbons (Fsp3) is 0.238. The molecule has 148 valence electrons. The van der Waals surface area contributed by atoms with Crippen molar-refractivity contribution in [3.05, 3.63) is 66.2 Å². The molecule has 4 rings (SSSR count). The summed E-state index contributed by atoms with van der Waals surface area (Å²) in [6, 6.07) is 11.4. The van der Waals surface area contributed by atoms with E-state index < -0.39 is 0 Å². The van der Waals surface area contributed by atoms with Gasteiger partial charge in [-0.2, -0.15) is 5.10 Å². The number of anilines is 1. The zero-order valence-electron chi connectivity index (χ0n) is 16.4. The summed E-state index contributed by atoms with van der Waals surface area (Å²) in [6.07, 6.45) is 5.13. The normalized spacial score (nSPS) is 11.2. The van der Waals surface area contributed by atoms with Crippen molar-refractivity contribution in [3.8, 4) is 5.75 Å². The number of amides is 1. The summed E-state index contributed by atoms with van der Waals surface area (Å²) >= 11 is 1.47. The summed E-state index contributed by atoms with van der Waals surface area (Å²) in [4.78, 5) is 24.1. The Hall–Kier alpha value is -3.26. The molecule has 7 nitrogen and oxygen atoms in total. The first-order valence-corrected chi connectivity index (χ1v) is 10.1.